The third kappa shape index (κ3) is 5.50. The number of hydrogen-bond acceptors (Lipinski definition) is 4. The average Bonchev–Trinajstić information content (AvgIpc) is 2.24. The quantitative estimate of drug-likeness (QED) is 0.398. The molecule has 0 N–H and O–H groups in total. The molecule has 0 aliphatic carbocycles. The molecular formula is C10H17F4O4P. The second-order valence-corrected chi connectivity index (χ2v) is 5.52. The zero-order valence-electron chi connectivity index (χ0n) is 11.1. The van der Waals surface area contributed by atoms with Gasteiger partial charge in [-0.05, 0) is 27.7 Å². The van der Waals surface area contributed by atoms with Crippen LogP contribution >= 0.6 is 7.60 Å². The van der Waals surface area contributed by atoms with Gasteiger partial charge in [0.15, 0.2) is 0 Å². The molecule has 0 bridgehead atoms. The zero-order valence-corrected chi connectivity index (χ0v) is 12.0. The highest BCUT2D eigenvalue weighted by Gasteiger charge is 2.47. The molecule has 0 aromatic heterocycles. The second-order valence-electron chi connectivity index (χ2n) is 3.62. The van der Waals surface area contributed by atoms with E-state index in [1.54, 1.807) is 0 Å². The van der Waals surface area contributed by atoms with Crippen LogP contribution in [-0.2, 0) is 18.3 Å². The summed E-state index contributed by atoms with van der Waals surface area (Å²) in [6, 6.07) is 0. The summed E-state index contributed by atoms with van der Waals surface area (Å²) in [6.45, 7) is 4.75. The zero-order chi connectivity index (χ0) is 15.3. The molecular weight excluding hydrogens is 291 g/mol. The molecule has 0 heterocycles. The highest BCUT2D eigenvalue weighted by atomic mass is 31.2. The third-order valence-corrected chi connectivity index (χ3v) is 3.52. The molecule has 0 fully saturated rings. The molecule has 0 spiro atoms. The Hall–Kier alpha value is -0.590. The molecule has 0 aromatic rings. The number of ether oxygens (including phenoxy) is 1. The predicted molar refractivity (Wildman–Crippen MR) is 61.3 cm³/mol. The highest BCUT2D eigenvalue weighted by molar-refractivity contribution is 7.58. The molecule has 9 heteroatoms. The maximum Gasteiger partial charge on any atom is 0.452 e. The van der Waals surface area contributed by atoms with Crippen molar-refractivity contribution in [3.05, 3.63) is 11.3 Å². The van der Waals surface area contributed by atoms with Crippen molar-refractivity contribution in [2.45, 2.75) is 40.0 Å². The Morgan fingerprint density at radius 1 is 1.16 bits per heavy atom. The van der Waals surface area contributed by atoms with Crippen molar-refractivity contribution in [1.82, 2.24) is 0 Å². The van der Waals surface area contributed by atoms with Crippen molar-refractivity contribution in [2.24, 2.45) is 0 Å². The molecule has 0 aromatic carbocycles. The van der Waals surface area contributed by atoms with E-state index in [0.717, 1.165) is 0 Å². The van der Waals surface area contributed by atoms with Crippen LogP contribution in [0.15, 0.2) is 11.3 Å². The Labute approximate surface area is 109 Å². The van der Waals surface area contributed by atoms with Gasteiger partial charge in [0.25, 0.3) is 5.57 Å². The molecule has 4 nitrogen and oxygen atoms in total. The first kappa shape index (κ1) is 18.4. The summed E-state index contributed by atoms with van der Waals surface area (Å²) in [5.74, 6) is -1.98. The van der Waals surface area contributed by atoms with Crippen molar-refractivity contribution in [3.63, 3.8) is 0 Å². The van der Waals surface area contributed by atoms with Crippen molar-refractivity contribution in [3.8, 4) is 0 Å². The van der Waals surface area contributed by atoms with Gasteiger partial charge in [-0.25, -0.2) is 0 Å². The van der Waals surface area contributed by atoms with Crippen LogP contribution in [0.4, 0.5) is 17.6 Å². The van der Waals surface area contributed by atoms with Gasteiger partial charge in [0.2, 0.25) is 5.76 Å². The van der Waals surface area contributed by atoms with Gasteiger partial charge in [-0.2, -0.15) is 17.6 Å². The third-order valence-electron chi connectivity index (χ3n) is 1.64. The fourth-order valence-electron chi connectivity index (χ4n) is 1.08. The average molecular weight is 308 g/mol. The predicted octanol–water partition coefficient (Wildman–Crippen LogP) is 4.38. The molecule has 19 heavy (non-hydrogen) atoms. The maximum atomic E-state index is 13.9. The lowest BCUT2D eigenvalue weighted by atomic mass is 10.4. The van der Waals surface area contributed by atoms with Crippen LogP contribution in [-0.4, -0.2) is 25.5 Å². The van der Waals surface area contributed by atoms with Crippen molar-refractivity contribution in [1.29, 1.82) is 0 Å². The minimum atomic E-state index is -5.13. The Balaban J connectivity index is 5.69. The van der Waals surface area contributed by atoms with Crippen LogP contribution in [0, 0.1) is 0 Å². The lowest BCUT2D eigenvalue weighted by molar-refractivity contribution is -0.139. The second kappa shape index (κ2) is 7.26. The van der Waals surface area contributed by atoms with E-state index < -0.39 is 31.2 Å². The van der Waals surface area contributed by atoms with E-state index in [1.165, 1.54) is 27.7 Å². The first-order valence-corrected chi connectivity index (χ1v) is 7.16. The molecule has 0 saturated heterocycles. The summed E-state index contributed by atoms with van der Waals surface area (Å²) in [5.41, 5.74) is -2.06. The molecule has 0 atom stereocenters. The SMILES string of the molecule is CCOP(=O)(OCC)/C(F)=C(/OC(C)C)C(F)(F)F. The van der Waals surface area contributed by atoms with E-state index in [9.17, 15) is 22.1 Å². The van der Waals surface area contributed by atoms with Crippen molar-refractivity contribution >= 4 is 7.60 Å². The summed E-state index contributed by atoms with van der Waals surface area (Å²) in [5, 5.41) is 0. The number of allylic oxidation sites excluding steroid dienone is 1. The first-order valence-electron chi connectivity index (χ1n) is 5.61. The minimum absolute atomic E-state index is 0.266. The number of halogens is 4. The van der Waals surface area contributed by atoms with E-state index in [4.69, 9.17) is 0 Å². The van der Waals surface area contributed by atoms with E-state index >= 15 is 0 Å². The molecule has 0 amide bonds. The van der Waals surface area contributed by atoms with E-state index in [1.807, 2.05) is 0 Å². The fraction of sp³-hybridized carbons (Fsp3) is 0.800. The normalized spacial score (nSPS) is 14.6. The summed E-state index contributed by atoms with van der Waals surface area (Å²) in [7, 11) is -4.65. The molecule has 114 valence electrons. The van der Waals surface area contributed by atoms with Crippen LogP contribution < -0.4 is 0 Å². The first-order chi connectivity index (χ1) is 8.58. The van der Waals surface area contributed by atoms with Gasteiger partial charge in [-0.1, -0.05) is 0 Å². The largest absolute Gasteiger partial charge is 0.484 e. The van der Waals surface area contributed by atoms with Gasteiger partial charge in [0.1, 0.15) is 0 Å². The molecule has 0 rings (SSSR count). The Morgan fingerprint density at radius 2 is 1.58 bits per heavy atom. The number of alkyl halides is 3. The summed E-state index contributed by atoms with van der Waals surface area (Å²) in [4.78, 5) is 0. The lowest BCUT2D eigenvalue weighted by Crippen LogP contribution is -2.20. The van der Waals surface area contributed by atoms with Gasteiger partial charge >= 0.3 is 13.8 Å². The van der Waals surface area contributed by atoms with Crippen LogP contribution in [0.25, 0.3) is 0 Å². The van der Waals surface area contributed by atoms with Gasteiger partial charge in [-0.15, -0.1) is 0 Å². The summed E-state index contributed by atoms with van der Waals surface area (Å²) in [6.07, 6.45) is -6.07. The van der Waals surface area contributed by atoms with Gasteiger partial charge in [-0.3, -0.25) is 4.57 Å². The standard InChI is InChI=1S/C10H17F4O4P/c1-5-16-19(15,17-6-2)9(11)8(10(12,13)14)18-7(3)4/h7H,5-6H2,1-4H3/b9-8+. The summed E-state index contributed by atoms with van der Waals surface area (Å²) >= 11 is 0. The van der Waals surface area contributed by atoms with Gasteiger partial charge < -0.3 is 13.8 Å². The van der Waals surface area contributed by atoms with Crippen LogP contribution in [0.5, 0.6) is 0 Å². The van der Waals surface area contributed by atoms with Crippen molar-refractivity contribution < 1.29 is 35.9 Å². The van der Waals surface area contributed by atoms with Gasteiger partial charge in [0, 0.05) is 0 Å². The van der Waals surface area contributed by atoms with E-state index in [-0.39, 0.29) is 13.2 Å². The van der Waals surface area contributed by atoms with Gasteiger partial charge in [0.05, 0.1) is 19.3 Å². The van der Waals surface area contributed by atoms with Crippen LogP contribution in [0.3, 0.4) is 0 Å². The Kier molecular flexibility index (Phi) is 7.04. The van der Waals surface area contributed by atoms with E-state index in [2.05, 4.69) is 13.8 Å². The highest BCUT2D eigenvalue weighted by Crippen LogP contribution is 2.59. The Bertz CT molecular complexity index is 355. The monoisotopic (exact) mass is 308 g/mol. The van der Waals surface area contributed by atoms with Crippen molar-refractivity contribution in [2.75, 3.05) is 13.2 Å². The molecule has 0 unspecified atom stereocenters. The minimum Gasteiger partial charge on any atom is -0.484 e. The summed E-state index contributed by atoms with van der Waals surface area (Å²) < 4.78 is 77.2. The lowest BCUT2D eigenvalue weighted by Gasteiger charge is -2.21. The number of hydrogen-bond donors (Lipinski definition) is 0. The van der Waals surface area contributed by atoms with Crippen LogP contribution in [0.2, 0.25) is 0 Å². The molecule has 0 aliphatic heterocycles. The smallest absolute Gasteiger partial charge is 0.452 e. The molecule has 0 radical (unpaired) electrons. The molecule has 0 saturated carbocycles. The number of rotatable bonds is 7. The Morgan fingerprint density at radius 3 is 1.84 bits per heavy atom. The topological polar surface area (TPSA) is 44.8 Å². The van der Waals surface area contributed by atoms with E-state index in [0.29, 0.717) is 0 Å². The fourth-order valence-corrected chi connectivity index (χ4v) is 2.49. The molecule has 0 aliphatic rings. The maximum absolute atomic E-state index is 13.9. The van der Waals surface area contributed by atoms with Crippen LogP contribution in [0.1, 0.15) is 27.7 Å².